The Morgan fingerprint density at radius 3 is 2.43 bits per heavy atom. The lowest BCUT2D eigenvalue weighted by molar-refractivity contribution is -0.138. The molecule has 0 aromatic heterocycles. The third-order valence-corrected chi connectivity index (χ3v) is 1.84. The van der Waals surface area contributed by atoms with E-state index in [1.807, 2.05) is 6.92 Å². The van der Waals surface area contributed by atoms with Crippen molar-refractivity contribution in [3.63, 3.8) is 0 Å². The minimum atomic E-state index is -1.11. The monoisotopic (exact) mass is 200 g/mol. The van der Waals surface area contributed by atoms with Crippen LogP contribution in [0.5, 0.6) is 0 Å². The van der Waals surface area contributed by atoms with Crippen molar-refractivity contribution < 1.29 is 14.7 Å². The number of Topliss-reactive ketones (excluding diaryl/α,β-unsaturated/α-hetero) is 1. The first-order valence-electron chi connectivity index (χ1n) is 4.58. The minimum absolute atomic E-state index is 0.0479. The molecule has 0 amide bonds. The highest BCUT2D eigenvalue weighted by Gasteiger charge is 2.15. The number of nitrogens with one attached hydrogen (secondary N) is 1. The fourth-order valence-electron chi connectivity index (χ4n) is 0.950. The molecule has 0 radical (unpaired) electrons. The molecule has 14 heavy (non-hydrogen) atoms. The first kappa shape index (κ1) is 12.8. The molecule has 5 nitrogen and oxygen atoms in total. The van der Waals surface area contributed by atoms with Gasteiger partial charge in [0.2, 0.25) is 0 Å². The van der Waals surface area contributed by atoms with Crippen LogP contribution in [0.4, 0.5) is 0 Å². The summed E-state index contributed by atoms with van der Waals surface area (Å²) < 4.78 is 0. The van der Waals surface area contributed by atoms with Gasteiger partial charge in [-0.1, -0.05) is 13.3 Å². The second-order valence-corrected chi connectivity index (χ2v) is 3.14. The average molecular weight is 200 g/mol. The van der Waals surface area contributed by atoms with Gasteiger partial charge in [0.05, 0.1) is 5.71 Å². The highest BCUT2D eigenvalue weighted by molar-refractivity contribution is 6.38. The predicted molar refractivity (Wildman–Crippen MR) is 52.5 cm³/mol. The van der Waals surface area contributed by atoms with Crippen molar-refractivity contribution in [1.82, 2.24) is 0 Å². The number of aliphatic carboxylic acids is 1. The lowest BCUT2D eigenvalue weighted by atomic mass is 10.0. The number of carboxylic acid groups (broad SMARTS) is 1. The topological polar surface area (TPSA) is 104 Å². The normalized spacial score (nSPS) is 12.1. The predicted octanol–water partition coefficient (Wildman–Crippen LogP) is 0.567. The lowest BCUT2D eigenvalue weighted by Gasteiger charge is -2.05. The Morgan fingerprint density at radius 2 is 2.00 bits per heavy atom. The minimum Gasteiger partial charge on any atom is -0.480 e. The van der Waals surface area contributed by atoms with Gasteiger partial charge in [-0.25, -0.2) is 0 Å². The van der Waals surface area contributed by atoms with Crippen LogP contribution in [0.2, 0.25) is 0 Å². The largest absolute Gasteiger partial charge is 0.480 e. The zero-order chi connectivity index (χ0) is 11.1. The van der Waals surface area contributed by atoms with Crippen molar-refractivity contribution in [2.24, 2.45) is 5.73 Å². The van der Waals surface area contributed by atoms with Crippen LogP contribution < -0.4 is 5.73 Å². The second kappa shape index (κ2) is 6.26. The van der Waals surface area contributed by atoms with Crippen LogP contribution >= 0.6 is 0 Å². The maximum Gasteiger partial charge on any atom is 0.320 e. The molecule has 0 aromatic rings. The Bertz CT molecular complexity index is 238. The van der Waals surface area contributed by atoms with Gasteiger partial charge in [0.25, 0.3) is 0 Å². The molecular weight excluding hydrogens is 184 g/mol. The van der Waals surface area contributed by atoms with E-state index in [-0.39, 0.29) is 24.3 Å². The zero-order valence-corrected chi connectivity index (χ0v) is 8.25. The molecule has 0 heterocycles. The van der Waals surface area contributed by atoms with Crippen LogP contribution in [0.1, 0.15) is 32.6 Å². The number of carbonyl (C=O) groups excluding carboxylic acids is 1. The number of hydrogen-bond acceptors (Lipinski definition) is 4. The van der Waals surface area contributed by atoms with Gasteiger partial charge in [0.15, 0.2) is 5.78 Å². The molecule has 1 atom stereocenters. The Morgan fingerprint density at radius 1 is 1.43 bits per heavy atom. The number of carbonyl (C=O) groups is 2. The summed E-state index contributed by atoms with van der Waals surface area (Å²) in [5, 5.41) is 15.8. The van der Waals surface area contributed by atoms with Crippen molar-refractivity contribution >= 4 is 17.5 Å². The molecule has 0 spiro atoms. The van der Waals surface area contributed by atoms with E-state index in [1.165, 1.54) is 0 Å². The van der Waals surface area contributed by atoms with Gasteiger partial charge in [0.1, 0.15) is 6.04 Å². The van der Waals surface area contributed by atoms with Crippen molar-refractivity contribution in [2.45, 2.75) is 38.6 Å². The van der Waals surface area contributed by atoms with Gasteiger partial charge < -0.3 is 16.2 Å². The van der Waals surface area contributed by atoms with Crippen molar-refractivity contribution in [3.05, 3.63) is 0 Å². The smallest absolute Gasteiger partial charge is 0.320 e. The molecule has 5 heteroatoms. The Labute approximate surface area is 82.8 Å². The molecule has 0 bridgehead atoms. The van der Waals surface area contributed by atoms with Gasteiger partial charge in [-0.05, 0) is 12.8 Å². The number of ketones is 1. The number of nitrogens with two attached hydrogens (primary N) is 1. The van der Waals surface area contributed by atoms with Crippen LogP contribution in [0.25, 0.3) is 0 Å². The van der Waals surface area contributed by atoms with Gasteiger partial charge in [-0.3, -0.25) is 9.59 Å². The molecule has 0 saturated carbocycles. The highest BCUT2D eigenvalue weighted by atomic mass is 16.4. The third kappa shape index (κ3) is 4.71. The molecule has 0 aliphatic heterocycles. The molecule has 0 rings (SSSR count). The fourth-order valence-corrected chi connectivity index (χ4v) is 0.950. The molecule has 0 saturated heterocycles. The SMILES string of the molecule is CCCC(=N)C(=O)CC[C@H](N)C(=O)O. The maximum atomic E-state index is 11.2. The summed E-state index contributed by atoms with van der Waals surface area (Å²) in [6.07, 6.45) is 1.34. The molecule has 0 aliphatic rings. The van der Waals surface area contributed by atoms with E-state index in [9.17, 15) is 9.59 Å². The van der Waals surface area contributed by atoms with Crippen LogP contribution in [-0.2, 0) is 9.59 Å². The summed E-state index contributed by atoms with van der Waals surface area (Å²) in [5.74, 6) is -1.41. The number of rotatable bonds is 7. The molecular formula is C9H16N2O3. The number of hydrogen-bond donors (Lipinski definition) is 3. The summed E-state index contributed by atoms with van der Waals surface area (Å²) in [7, 11) is 0. The maximum absolute atomic E-state index is 11.2. The van der Waals surface area contributed by atoms with Crippen LogP contribution in [0.3, 0.4) is 0 Å². The molecule has 80 valence electrons. The Balaban J connectivity index is 3.85. The summed E-state index contributed by atoms with van der Waals surface area (Å²) in [5.41, 5.74) is 5.28. The van der Waals surface area contributed by atoms with E-state index in [0.717, 1.165) is 6.42 Å². The summed E-state index contributed by atoms with van der Waals surface area (Å²) in [4.78, 5) is 21.5. The molecule has 0 aliphatic carbocycles. The Hall–Kier alpha value is -1.23. The average Bonchev–Trinajstić information content (AvgIpc) is 2.13. The number of carboxylic acids is 1. The van der Waals surface area contributed by atoms with Crippen LogP contribution in [0.15, 0.2) is 0 Å². The summed E-state index contributed by atoms with van der Waals surface area (Å²) >= 11 is 0. The van der Waals surface area contributed by atoms with Gasteiger partial charge >= 0.3 is 5.97 Å². The lowest BCUT2D eigenvalue weighted by Crippen LogP contribution is -2.31. The molecule has 0 unspecified atom stereocenters. The Kier molecular flexibility index (Phi) is 5.71. The van der Waals surface area contributed by atoms with Gasteiger partial charge in [-0.2, -0.15) is 0 Å². The second-order valence-electron chi connectivity index (χ2n) is 3.14. The molecule has 0 aromatic carbocycles. The van der Waals surface area contributed by atoms with E-state index in [2.05, 4.69) is 0 Å². The van der Waals surface area contributed by atoms with E-state index in [4.69, 9.17) is 16.2 Å². The molecule has 0 fully saturated rings. The van der Waals surface area contributed by atoms with Gasteiger partial charge in [-0.15, -0.1) is 0 Å². The third-order valence-electron chi connectivity index (χ3n) is 1.84. The summed E-state index contributed by atoms with van der Waals surface area (Å²) in [6.45, 7) is 1.88. The van der Waals surface area contributed by atoms with Crippen molar-refractivity contribution in [1.29, 1.82) is 5.41 Å². The first-order valence-corrected chi connectivity index (χ1v) is 4.58. The van der Waals surface area contributed by atoms with E-state index in [0.29, 0.717) is 6.42 Å². The van der Waals surface area contributed by atoms with E-state index >= 15 is 0 Å². The van der Waals surface area contributed by atoms with Crippen LogP contribution in [-0.4, -0.2) is 28.6 Å². The highest BCUT2D eigenvalue weighted by Crippen LogP contribution is 2.00. The standard InChI is InChI=1S/C9H16N2O3/c1-2-3-6(10)8(12)5-4-7(11)9(13)14/h7,10H,2-5,11H2,1H3,(H,13,14)/t7-/m0/s1. The van der Waals surface area contributed by atoms with E-state index in [1.54, 1.807) is 0 Å². The first-order chi connectivity index (χ1) is 6.49. The van der Waals surface area contributed by atoms with Crippen molar-refractivity contribution in [3.8, 4) is 0 Å². The van der Waals surface area contributed by atoms with Gasteiger partial charge in [0, 0.05) is 6.42 Å². The van der Waals surface area contributed by atoms with Crippen LogP contribution in [0, 0.1) is 5.41 Å². The summed E-state index contributed by atoms with van der Waals surface area (Å²) in [6, 6.07) is -1.01. The van der Waals surface area contributed by atoms with Crippen molar-refractivity contribution in [2.75, 3.05) is 0 Å². The fraction of sp³-hybridized carbons (Fsp3) is 0.667. The van der Waals surface area contributed by atoms with E-state index < -0.39 is 12.0 Å². The quantitative estimate of drug-likeness (QED) is 0.522. The molecule has 4 N–H and O–H groups in total. The zero-order valence-electron chi connectivity index (χ0n) is 8.25.